The summed E-state index contributed by atoms with van der Waals surface area (Å²) in [7, 11) is 0. The van der Waals surface area contributed by atoms with Crippen molar-refractivity contribution in [2.45, 2.75) is 38.5 Å². The van der Waals surface area contributed by atoms with Gasteiger partial charge in [0.25, 0.3) is 5.91 Å². The van der Waals surface area contributed by atoms with Gasteiger partial charge in [0.15, 0.2) is 0 Å². The highest BCUT2D eigenvalue weighted by Crippen LogP contribution is 2.34. The fraction of sp³-hybridized carbons (Fsp3) is 0.400. The van der Waals surface area contributed by atoms with Crippen molar-refractivity contribution >= 4 is 17.7 Å². The summed E-state index contributed by atoms with van der Waals surface area (Å²) in [6.45, 7) is -1.84. The van der Waals surface area contributed by atoms with Crippen LogP contribution in [0, 0.1) is 0 Å². The first-order valence-electron chi connectivity index (χ1n) is 13.5. The molecule has 0 saturated carbocycles. The van der Waals surface area contributed by atoms with Crippen LogP contribution in [0.15, 0.2) is 42.4 Å². The van der Waals surface area contributed by atoms with E-state index in [2.05, 4.69) is 5.32 Å². The van der Waals surface area contributed by atoms with Crippen LogP contribution < -0.4 is 10.1 Å². The highest BCUT2D eigenvalue weighted by Gasteiger charge is 2.40. The average molecular weight is 455 g/mol. The van der Waals surface area contributed by atoms with Crippen molar-refractivity contribution in [2.75, 3.05) is 26.3 Å². The Hall–Kier alpha value is -3.23. The quantitative estimate of drug-likeness (QED) is 0.671. The van der Waals surface area contributed by atoms with Crippen LogP contribution in [0.1, 0.15) is 46.7 Å². The molecule has 2 aromatic carbocycles. The van der Waals surface area contributed by atoms with Crippen molar-refractivity contribution in [3.8, 4) is 5.75 Å². The van der Waals surface area contributed by atoms with E-state index in [9.17, 15) is 14.4 Å². The molecule has 2 saturated heterocycles. The van der Waals surface area contributed by atoms with Gasteiger partial charge in [-0.15, -0.1) is 0 Å². The molecule has 5 rings (SSSR count). The number of hydrogen-bond donors (Lipinski definition) is 1. The molecule has 8 heteroatoms. The van der Waals surface area contributed by atoms with Crippen molar-refractivity contribution in [3.63, 3.8) is 0 Å². The summed E-state index contributed by atoms with van der Waals surface area (Å²) in [5.74, 6) is -1.03. The van der Waals surface area contributed by atoms with Crippen LogP contribution >= 0.6 is 0 Å². The minimum absolute atomic E-state index is 0.0337. The van der Waals surface area contributed by atoms with Crippen LogP contribution in [0.4, 0.5) is 0 Å². The summed E-state index contributed by atoms with van der Waals surface area (Å²) in [5.41, 5.74) is 0.949. The molecule has 1 N–H and O–H groups in total. The van der Waals surface area contributed by atoms with E-state index in [-0.39, 0.29) is 60.2 Å². The van der Waals surface area contributed by atoms with Gasteiger partial charge in [-0.3, -0.25) is 24.6 Å². The molecular formula is C25H27N3O5. The molecule has 0 aromatic heterocycles. The van der Waals surface area contributed by atoms with Gasteiger partial charge in [-0.05, 0) is 29.7 Å². The number of carbonyl (C=O) groups is 3. The highest BCUT2D eigenvalue weighted by molar-refractivity contribution is 6.05. The molecule has 3 aliphatic rings. The second kappa shape index (κ2) is 9.33. The normalized spacial score (nSPS) is 24.7. The number of nitrogens with one attached hydrogen (secondary N) is 1. The zero-order valence-electron chi connectivity index (χ0n) is 22.9. The third kappa shape index (κ3) is 4.62. The van der Waals surface area contributed by atoms with Crippen LogP contribution in [0.2, 0.25) is 0 Å². The maximum Gasteiger partial charge on any atom is 0.255 e. The lowest BCUT2D eigenvalue weighted by molar-refractivity contribution is -0.136. The summed E-state index contributed by atoms with van der Waals surface area (Å²) >= 11 is 0. The summed E-state index contributed by atoms with van der Waals surface area (Å²) in [6.07, 6.45) is 0.357. The monoisotopic (exact) mass is 454 g/mol. The Balaban J connectivity index is 1.37. The maximum absolute atomic E-state index is 13.0. The molecule has 33 heavy (non-hydrogen) atoms. The lowest BCUT2D eigenvalue weighted by atomic mass is 10.0. The van der Waals surface area contributed by atoms with Gasteiger partial charge in [-0.1, -0.05) is 30.3 Å². The van der Waals surface area contributed by atoms with E-state index in [0.717, 1.165) is 0 Å². The van der Waals surface area contributed by atoms with E-state index in [1.54, 1.807) is 23.1 Å². The number of rotatable bonds is 6. The first-order valence-corrected chi connectivity index (χ1v) is 10.9. The largest absolute Gasteiger partial charge is 0.489 e. The molecule has 2 unspecified atom stereocenters. The van der Waals surface area contributed by atoms with Crippen LogP contribution in [-0.2, 0) is 34.0 Å². The number of imide groups is 1. The molecule has 8 nitrogen and oxygen atoms in total. The first-order chi connectivity index (χ1) is 18.1. The molecule has 172 valence electrons. The van der Waals surface area contributed by atoms with Crippen LogP contribution in [0.5, 0.6) is 5.75 Å². The number of benzene rings is 2. The third-order valence-corrected chi connectivity index (χ3v) is 5.91. The Morgan fingerprint density at radius 3 is 2.73 bits per heavy atom. The lowest BCUT2D eigenvalue weighted by Gasteiger charge is -2.29. The summed E-state index contributed by atoms with van der Waals surface area (Å²) in [6, 6.07) is 6.28. The second-order valence-corrected chi connectivity index (χ2v) is 8.08. The molecule has 2 fully saturated rings. The molecule has 0 radical (unpaired) electrons. The van der Waals surface area contributed by atoms with Gasteiger partial charge in [0.2, 0.25) is 11.8 Å². The van der Waals surface area contributed by atoms with Gasteiger partial charge in [-0.25, -0.2) is 0 Å². The summed E-state index contributed by atoms with van der Waals surface area (Å²) < 4.78 is 53.7. The zero-order valence-corrected chi connectivity index (χ0v) is 17.9. The topological polar surface area (TPSA) is 88.2 Å². The van der Waals surface area contributed by atoms with Crippen molar-refractivity contribution in [1.29, 1.82) is 0 Å². The van der Waals surface area contributed by atoms with Gasteiger partial charge < -0.3 is 14.4 Å². The molecule has 2 aromatic rings. The Morgan fingerprint density at radius 2 is 1.91 bits per heavy atom. The van der Waals surface area contributed by atoms with E-state index in [0.29, 0.717) is 37.4 Å². The van der Waals surface area contributed by atoms with Crippen LogP contribution in [0.25, 0.3) is 0 Å². The van der Waals surface area contributed by atoms with E-state index in [1.807, 2.05) is 0 Å². The second-order valence-electron chi connectivity index (χ2n) is 8.08. The molecule has 0 spiro atoms. The molecule has 0 aliphatic carbocycles. The minimum atomic E-state index is -1.98. The molecule has 3 amide bonds. The zero-order chi connectivity index (χ0) is 27.2. The van der Waals surface area contributed by atoms with Gasteiger partial charge >= 0.3 is 0 Å². The van der Waals surface area contributed by atoms with Crippen molar-refractivity contribution in [2.24, 2.45) is 0 Å². The Morgan fingerprint density at radius 1 is 1.12 bits per heavy atom. The predicted molar refractivity (Wildman–Crippen MR) is 119 cm³/mol. The smallest absolute Gasteiger partial charge is 0.255 e. The molecular weight excluding hydrogens is 422 g/mol. The molecule has 3 aliphatic heterocycles. The highest BCUT2D eigenvalue weighted by atomic mass is 16.5. The molecule has 0 bridgehead atoms. The molecule has 3 heterocycles. The van der Waals surface area contributed by atoms with Gasteiger partial charge in [-0.2, -0.15) is 0 Å². The predicted octanol–water partition coefficient (Wildman–Crippen LogP) is 1.86. The Kier molecular flexibility index (Phi) is 4.63. The van der Waals surface area contributed by atoms with E-state index in [4.69, 9.17) is 16.3 Å². The fourth-order valence-electron chi connectivity index (χ4n) is 4.17. The first kappa shape index (κ1) is 16.4. The summed E-state index contributed by atoms with van der Waals surface area (Å²) in [4.78, 5) is 39.9. The fourth-order valence-corrected chi connectivity index (χ4v) is 4.17. The third-order valence-electron chi connectivity index (χ3n) is 5.91. The average Bonchev–Trinajstić information content (AvgIpc) is 3.22. The Labute approximate surface area is 199 Å². The summed E-state index contributed by atoms with van der Waals surface area (Å²) in [5, 5.41) is 2.26. The number of morpholine rings is 1. The number of carbonyl (C=O) groups excluding carboxylic acids is 3. The van der Waals surface area contributed by atoms with E-state index < -0.39 is 25.0 Å². The number of hydrogen-bond acceptors (Lipinski definition) is 6. The van der Waals surface area contributed by atoms with Crippen molar-refractivity contribution in [1.82, 2.24) is 15.1 Å². The van der Waals surface area contributed by atoms with Gasteiger partial charge in [0.05, 0.1) is 23.9 Å². The number of ether oxygens (including phenoxy) is 2. The Bertz CT molecular complexity index is 1300. The van der Waals surface area contributed by atoms with Gasteiger partial charge in [0, 0.05) is 39.9 Å². The number of piperidine rings is 1. The SMILES string of the molecule is [2H]c1cc(C([2H])([2H])N2CCOCC2)c([2H])cc1C([2H])Oc1cccc2c1CN(C1CCC(=O)NC1=O)C2=O. The number of nitrogens with zero attached hydrogens (tertiary/aromatic N) is 2. The maximum atomic E-state index is 13.0. The van der Waals surface area contributed by atoms with Crippen molar-refractivity contribution in [3.05, 3.63) is 64.7 Å². The van der Waals surface area contributed by atoms with Gasteiger partial charge in [0.1, 0.15) is 18.4 Å². The lowest BCUT2D eigenvalue weighted by Crippen LogP contribution is -2.52. The van der Waals surface area contributed by atoms with Crippen LogP contribution in [-0.4, -0.2) is 59.9 Å². The number of amides is 3. The molecule has 2 atom stereocenters. The van der Waals surface area contributed by atoms with E-state index >= 15 is 0 Å². The van der Waals surface area contributed by atoms with Crippen LogP contribution in [0.3, 0.4) is 0 Å². The standard InChI is InChI=1S/C25H27N3O5/c29-23-9-8-21(24(30)26-23)28-15-20-19(25(28)31)2-1-3-22(20)33-16-18-6-4-17(5-7-18)14-27-10-12-32-13-11-27/h1-7,21H,8-16H2,(H,26,29,30)/i4D,7D,14D2,16D. The minimum Gasteiger partial charge on any atom is -0.489 e. The number of fused-ring (bicyclic) bond motifs is 1. The van der Waals surface area contributed by atoms with Crippen molar-refractivity contribution < 1.29 is 30.7 Å². The van der Waals surface area contributed by atoms with E-state index in [1.165, 1.54) is 17.0 Å².